The van der Waals surface area contributed by atoms with Crippen molar-refractivity contribution in [2.45, 2.75) is 6.54 Å². The maximum Gasteiger partial charge on any atom is 0.249 e. The largest absolute Gasteiger partial charge is 0.366 e. The van der Waals surface area contributed by atoms with E-state index >= 15 is 0 Å². The van der Waals surface area contributed by atoms with Gasteiger partial charge in [-0.1, -0.05) is 23.7 Å². The van der Waals surface area contributed by atoms with Gasteiger partial charge in [0.1, 0.15) is 11.6 Å². The third-order valence-electron chi connectivity index (χ3n) is 4.50. The van der Waals surface area contributed by atoms with E-state index in [4.69, 9.17) is 17.3 Å². The van der Waals surface area contributed by atoms with Gasteiger partial charge in [0.25, 0.3) is 0 Å². The second kappa shape index (κ2) is 6.11. The number of carbonyl (C=O) groups excluding carboxylic acids is 1. The molecule has 3 aromatic carbocycles. The molecule has 0 atom stereocenters. The number of primary amides is 1. The summed E-state index contributed by atoms with van der Waals surface area (Å²) in [6.07, 6.45) is 0. The topological polar surface area (TPSA) is 48.0 Å². The van der Waals surface area contributed by atoms with Crippen LogP contribution in [0.5, 0.6) is 0 Å². The van der Waals surface area contributed by atoms with Crippen LogP contribution >= 0.6 is 11.6 Å². The molecular formula is C20H13ClF2N2O. The van der Waals surface area contributed by atoms with Gasteiger partial charge >= 0.3 is 0 Å². The molecular weight excluding hydrogens is 358 g/mol. The van der Waals surface area contributed by atoms with Crippen LogP contribution in [0.3, 0.4) is 0 Å². The van der Waals surface area contributed by atoms with Crippen LogP contribution in [-0.2, 0) is 6.54 Å². The van der Waals surface area contributed by atoms with Gasteiger partial charge in [-0.2, -0.15) is 0 Å². The van der Waals surface area contributed by atoms with Crippen molar-refractivity contribution >= 4 is 39.3 Å². The van der Waals surface area contributed by atoms with Gasteiger partial charge < -0.3 is 10.3 Å². The molecule has 1 amide bonds. The van der Waals surface area contributed by atoms with Crippen molar-refractivity contribution in [1.29, 1.82) is 0 Å². The molecule has 0 saturated carbocycles. The first kappa shape index (κ1) is 16.5. The fraction of sp³-hybridized carbons (Fsp3) is 0.0500. The van der Waals surface area contributed by atoms with Crippen LogP contribution in [0.2, 0.25) is 5.02 Å². The summed E-state index contributed by atoms with van der Waals surface area (Å²) in [6.45, 7) is 0.0944. The van der Waals surface area contributed by atoms with Gasteiger partial charge in [-0.05, 0) is 42.5 Å². The SMILES string of the molecule is NC(=O)c1cccc2c1c1ccc(F)cc1n2Cc1c(F)cccc1Cl. The van der Waals surface area contributed by atoms with E-state index in [-0.39, 0.29) is 11.6 Å². The predicted octanol–water partition coefficient (Wildman–Crippen LogP) is 4.87. The van der Waals surface area contributed by atoms with Gasteiger partial charge in [-0.25, -0.2) is 8.78 Å². The molecule has 1 aromatic heterocycles. The predicted molar refractivity (Wildman–Crippen MR) is 98.4 cm³/mol. The smallest absolute Gasteiger partial charge is 0.249 e. The van der Waals surface area contributed by atoms with E-state index in [2.05, 4.69) is 0 Å². The highest BCUT2D eigenvalue weighted by molar-refractivity contribution is 6.31. The third kappa shape index (κ3) is 2.52. The maximum absolute atomic E-state index is 14.3. The maximum atomic E-state index is 14.3. The van der Waals surface area contributed by atoms with E-state index in [1.54, 1.807) is 34.9 Å². The van der Waals surface area contributed by atoms with Crippen LogP contribution < -0.4 is 5.73 Å². The zero-order valence-electron chi connectivity index (χ0n) is 13.5. The van der Waals surface area contributed by atoms with Crippen molar-refractivity contribution < 1.29 is 13.6 Å². The molecule has 0 radical (unpaired) electrons. The number of rotatable bonds is 3. The monoisotopic (exact) mass is 370 g/mol. The Morgan fingerprint density at radius 2 is 1.81 bits per heavy atom. The van der Waals surface area contributed by atoms with Crippen LogP contribution in [0.15, 0.2) is 54.6 Å². The summed E-state index contributed by atoms with van der Waals surface area (Å²) >= 11 is 6.16. The summed E-state index contributed by atoms with van der Waals surface area (Å²) in [5.41, 5.74) is 7.32. The highest BCUT2D eigenvalue weighted by Crippen LogP contribution is 2.33. The molecule has 6 heteroatoms. The molecule has 0 fully saturated rings. The molecule has 0 aliphatic carbocycles. The molecule has 4 rings (SSSR count). The Balaban J connectivity index is 2.09. The Hall–Kier alpha value is -2.92. The molecule has 26 heavy (non-hydrogen) atoms. The van der Waals surface area contributed by atoms with Crippen LogP contribution in [0.25, 0.3) is 21.8 Å². The molecule has 0 aliphatic heterocycles. The van der Waals surface area contributed by atoms with Crippen molar-refractivity contribution in [3.05, 3.63) is 82.4 Å². The van der Waals surface area contributed by atoms with Crippen LogP contribution in [0.4, 0.5) is 8.78 Å². The number of benzene rings is 3. The van der Waals surface area contributed by atoms with Crippen molar-refractivity contribution in [1.82, 2.24) is 4.57 Å². The molecule has 2 N–H and O–H groups in total. The highest BCUT2D eigenvalue weighted by atomic mass is 35.5. The van der Waals surface area contributed by atoms with E-state index in [1.165, 1.54) is 24.3 Å². The number of hydrogen-bond acceptors (Lipinski definition) is 1. The van der Waals surface area contributed by atoms with E-state index in [0.29, 0.717) is 32.9 Å². The Morgan fingerprint density at radius 3 is 2.54 bits per heavy atom. The zero-order valence-corrected chi connectivity index (χ0v) is 14.2. The lowest BCUT2D eigenvalue weighted by molar-refractivity contribution is 0.100. The number of nitrogens with two attached hydrogens (primary N) is 1. The lowest BCUT2D eigenvalue weighted by Crippen LogP contribution is -2.11. The molecule has 0 bridgehead atoms. The number of halogens is 3. The fourth-order valence-corrected chi connectivity index (χ4v) is 3.56. The highest BCUT2D eigenvalue weighted by Gasteiger charge is 2.18. The number of fused-ring (bicyclic) bond motifs is 3. The van der Waals surface area contributed by atoms with Crippen molar-refractivity contribution in [2.75, 3.05) is 0 Å². The normalized spacial score (nSPS) is 11.3. The van der Waals surface area contributed by atoms with Gasteiger partial charge in [-0.3, -0.25) is 4.79 Å². The van der Waals surface area contributed by atoms with Gasteiger partial charge in [0, 0.05) is 26.9 Å². The van der Waals surface area contributed by atoms with Gasteiger partial charge in [0.05, 0.1) is 17.6 Å². The quantitative estimate of drug-likeness (QED) is 0.549. The number of carbonyl (C=O) groups is 1. The van der Waals surface area contributed by atoms with Crippen molar-refractivity contribution in [3.63, 3.8) is 0 Å². The second-order valence-electron chi connectivity index (χ2n) is 6.01. The van der Waals surface area contributed by atoms with E-state index in [9.17, 15) is 13.6 Å². The molecule has 130 valence electrons. The van der Waals surface area contributed by atoms with E-state index in [1.807, 2.05) is 0 Å². The van der Waals surface area contributed by atoms with Crippen molar-refractivity contribution in [3.8, 4) is 0 Å². The summed E-state index contributed by atoms with van der Waals surface area (Å²) in [7, 11) is 0. The Morgan fingerprint density at radius 1 is 1.04 bits per heavy atom. The first-order valence-corrected chi connectivity index (χ1v) is 8.28. The fourth-order valence-electron chi connectivity index (χ4n) is 3.33. The minimum absolute atomic E-state index is 0.0944. The second-order valence-corrected chi connectivity index (χ2v) is 6.42. The van der Waals surface area contributed by atoms with E-state index < -0.39 is 17.5 Å². The number of aromatic nitrogens is 1. The Bertz CT molecular complexity index is 1160. The number of amides is 1. The summed E-state index contributed by atoms with van der Waals surface area (Å²) < 4.78 is 29.9. The van der Waals surface area contributed by atoms with Crippen molar-refractivity contribution in [2.24, 2.45) is 5.73 Å². The lowest BCUT2D eigenvalue weighted by Gasteiger charge is -2.10. The summed E-state index contributed by atoms with van der Waals surface area (Å²) in [4.78, 5) is 11.9. The third-order valence-corrected chi connectivity index (χ3v) is 4.85. The standard InChI is InChI=1S/C20H13ClF2N2O/c21-15-4-2-5-16(23)14(15)10-25-17-6-1-3-13(20(24)26)19(17)12-8-7-11(22)9-18(12)25/h1-9H,10H2,(H2,24,26). The molecule has 0 saturated heterocycles. The molecule has 0 aliphatic rings. The van der Waals surface area contributed by atoms with Crippen LogP contribution in [-0.4, -0.2) is 10.5 Å². The Labute approximate surface area is 152 Å². The minimum atomic E-state index is -0.581. The summed E-state index contributed by atoms with van der Waals surface area (Å²) in [6, 6.07) is 13.8. The van der Waals surface area contributed by atoms with E-state index in [0.717, 1.165) is 0 Å². The number of hydrogen-bond donors (Lipinski definition) is 1. The molecule has 0 spiro atoms. The average Bonchev–Trinajstić information content (AvgIpc) is 2.91. The first-order chi connectivity index (χ1) is 12.5. The minimum Gasteiger partial charge on any atom is -0.366 e. The van der Waals surface area contributed by atoms with Gasteiger partial charge in [0.15, 0.2) is 0 Å². The lowest BCUT2D eigenvalue weighted by atomic mass is 10.1. The van der Waals surface area contributed by atoms with Crippen LogP contribution in [0, 0.1) is 11.6 Å². The van der Waals surface area contributed by atoms with Crippen LogP contribution in [0.1, 0.15) is 15.9 Å². The number of nitrogens with zero attached hydrogens (tertiary/aromatic N) is 1. The molecule has 3 nitrogen and oxygen atoms in total. The Kier molecular flexibility index (Phi) is 3.89. The molecule has 0 unspecified atom stereocenters. The zero-order chi connectivity index (χ0) is 18.4. The van der Waals surface area contributed by atoms with Gasteiger partial charge in [0.2, 0.25) is 5.91 Å². The molecule has 1 heterocycles. The summed E-state index contributed by atoms with van der Waals surface area (Å²) in [5.74, 6) is -1.46. The summed E-state index contributed by atoms with van der Waals surface area (Å²) in [5, 5.41) is 1.56. The molecule has 4 aromatic rings. The average molecular weight is 371 g/mol. The first-order valence-electron chi connectivity index (χ1n) is 7.90. The van der Waals surface area contributed by atoms with Gasteiger partial charge in [-0.15, -0.1) is 0 Å².